The van der Waals surface area contributed by atoms with Crippen molar-refractivity contribution in [1.82, 2.24) is 19.6 Å². The largest absolute Gasteiger partial charge is 0.307 e. The highest BCUT2D eigenvalue weighted by Crippen LogP contribution is 2.15. The monoisotopic (exact) mass is 299 g/mol. The highest BCUT2D eigenvalue weighted by molar-refractivity contribution is 6.04. The van der Waals surface area contributed by atoms with Gasteiger partial charge in [-0.3, -0.25) is 9.48 Å². The molecule has 3 rings (SSSR count). The van der Waals surface area contributed by atoms with Crippen LogP contribution in [0.25, 0.3) is 5.69 Å². The lowest BCUT2D eigenvalue weighted by atomic mass is 10.3. The zero-order chi connectivity index (χ0) is 15.7. The molecule has 0 aliphatic rings. The lowest BCUT2D eigenvalue weighted by Crippen LogP contribution is -2.26. The summed E-state index contributed by atoms with van der Waals surface area (Å²) in [6, 6.07) is 7.62. The molecule has 22 heavy (non-hydrogen) atoms. The molecule has 0 aliphatic heterocycles. The molecule has 0 unspecified atom stereocenters. The summed E-state index contributed by atoms with van der Waals surface area (Å²) in [5.41, 5.74) is 1.51. The average Bonchev–Trinajstić information content (AvgIpc) is 3.15. The van der Waals surface area contributed by atoms with Crippen molar-refractivity contribution < 1.29 is 9.18 Å². The fraction of sp³-hybridized carbons (Fsp3) is 0.133. The molecule has 2 heterocycles. The number of carbonyl (C=O) groups is 1. The van der Waals surface area contributed by atoms with Crippen molar-refractivity contribution in [2.45, 2.75) is 0 Å². The standard InChI is InChI=1S/C15H14FN5O/c1-19-10-13(9-17-19)20(2)15(22)14-6-7-21(18-14)12-5-3-4-11(16)8-12/h3-10H,1-2H3. The molecule has 1 aromatic carbocycles. The maximum Gasteiger partial charge on any atom is 0.278 e. The van der Waals surface area contributed by atoms with E-state index in [4.69, 9.17) is 0 Å². The van der Waals surface area contributed by atoms with E-state index in [0.29, 0.717) is 11.4 Å². The van der Waals surface area contributed by atoms with Gasteiger partial charge in [-0.15, -0.1) is 0 Å². The van der Waals surface area contributed by atoms with Crippen LogP contribution in [0.1, 0.15) is 10.5 Å². The molecular formula is C15H14FN5O. The molecule has 0 saturated heterocycles. The Morgan fingerprint density at radius 1 is 1.32 bits per heavy atom. The first-order chi connectivity index (χ1) is 10.5. The number of halogens is 1. The minimum Gasteiger partial charge on any atom is -0.307 e. The number of nitrogens with zero attached hydrogens (tertiary/aromatic N) is 5. The normalized spacial score (nSPS) is 10.7. The summed E-state index contributed by atoms with van der Waals surface area (Å²) in [6.45, 7) is 0. The lowest BCUT2D eigenvalue weighted by Gasteiger charge is -2.12. The zero-order valence-corrected chi connectivity index (χ0v) is 12.1. The smallest absolute Gasteiger partial charge is 0.278 e. The first kappa shape index (κ1) is 14.0. The second-order valence-corrected chi connectivity index (χ2v) is 4.86. The van der Waals surface area contributed by atoms with Gasteiger partial charge in [0.1, 0.15) is 5.82 Å². The summed E-state index contributed by atoms with van der Waals surface area (Å²) >= 11 is 0. The summed E-state index contributed by atoms with van der Waals surface area (Å²) in [4.78, 5) is 13.9. The molecule has 3 aromatic rings. The van der Waals surface area contributed by atoms with Crippen molar-refractivity contribution in [3.05, 3.63) is 60.4 Å². The van der Waals surface area contributed by atoms with E-state index in [1.807, 2.05) is 0 Å². The molecule has 1 amide bonds. The number of anilines is 1. The first-order valence-corrected chi connectivity index (χ1v) is 6.63. The van der Waals surface area contributed by atoms with Crippen molar-refractivity contribution in [2.24, 2.45) is 7.05 Å². The van der Waals surface area contributed by atoms with Crippen LogP contribution >= 0.6 is 0 Å². The van der Waals surface area contributed by atoms with Crippen molar-refractivity contribution in [2.75, 3.05) is 11.9 Å². The SMILES string of the molecule is CN(C(=O)c1ccn(-c2cccc(F)c2)n1)c1cnn(C)c1. The second kappa shape index (κ2) is 5.44. The van der Waals surface area contributed by atoms with Gasteiger partial charge in [0.05, 0.1) is 17.6 Å². The molecule has 0 bridgehead atoms. The van der Waals surface area contributed by atoms with Gasteiger partial charge in [0.15, 0.2) is 5.69 Å². The quantitative estimate of drug-likeness (QED) is 0.743. The number of benzene rings is 1. The minimum absolute atomic E-state index is 0.261. The van der Waals surface area contributed by atoms with Gasteiger partial charge in [-0.2, -0.15) is 10.2 Å². The number of hydrogen-bond donors (Lipinski definition) is 0. The molecule has 0 fully saturated rings. The predicted octanol–water partition coefficient (Wildman–Crippen LogP) is 2.02. The molecule has 0 N–H and O–H groups in total. The predicted molar refractivity (Wildman–Crippen MR) is 79.5 cm³/mol. The van der Waals surface area contributed by atoms with Crippen LogP contribution in [-0.4, -0.2) is 32.5 Å². The van der Waals surface area contributed by atoms with Crippen molar-refractivity contribution in [3.63, 3.8) is 0 Å². The first-order valence-electron chi connectivity index (χ1n) is 6.63. The summed E-state index contributed by atoms with van der Waals surface area (Å²) < 4.78 is 16.3. The van der Waals surface area contributed by atoms with E-state index in [2.05, 4.69) is 10.2 Å². The Morgan fingerprint density at radius 2 is 2.14 bits per heavy atom. The van der Waals surface area contributed by atoms with Gasteiger partial charge in [0.25, 0.3) is 5.91 Å². The van der Waals surface area contributed by atoms with E-state index in [1.54, 1.807) is 55.6 Å². The van der Waals surface area contributed by atoms with Gasteiger partial charge in [0, 0.05) is 26.5 Å². The van der Waals surface area contributed by atoms with Gasteiger partial charge in [-0.1, -0.05) is 6.07 Å². The Labute approximate surface area is 126 Å². The molecule has 112 valence electrons. The van der Waals surface area contributed by atoms with Gasteiger partial charge >= 0.3 is 0 Å². The summed E-state index contributed by atoms with van der Waals surface area (Å²) in [5, 5.41) is 8.24. The number of rotatable bonds is 3. The van der Waals surface area contributed by atoms with E-state index >= 15 is 0 Å². The van der Waals surface area contributed by atoms with Gasteiger partial charge in [0.2, 0.25) is 0 Å². The van der Waals surface area contributed by atoms with E-state index in [1.165, 1.54) is 21.7 Å². The van der Waals surface area contributed by atoms with Crippen LogP contribution in [0.15, 0.2) is 48.9 Å². The Hall–Kier alpha value is -2.96. The van der Waals surface area contributed by atoms with Gasteiger partial charge in [-0.25, -0.2) is 9.07 Å². The Balaban J connectivity index is 1.85. The minimum atomic E-state index is -0.353. The van der Waals surface area contributed by atoms with Crippen LogP contribution in [0.2, 0.25) is 0 Å². The Morgan fingerprint density at radius 3 is 2.82 bits per heavy atom. The van der Waals surface area contributed by atoms with Crippen LogP contribution in [-0.2, 0) is 7.05 Å². The molecule has 0 aliphatic carbocycles. The van der Waals surface area contributed by atoms with Crippen molar-refractivity contribution in [3.8, 4) is 5.69 Å². The highest BCUT2D eigenvalue weighted by atomic mass is 19.1. The zero-order valence-electron chi connectivity index (χ0n) is 12.1. The van der Waals surface area contributed by atoms with Crippen LogP contribution in [0.3, 0.4) is 0 Å². The summed E-state index contributed by atoms with van der Waals surface area (Å²) in [5.74, 6) is -0.614. The van der Waals surface area contributed by atoms with Crippen molar-refractivity contribution in [1.29, 1.82) is 0 Å². The summed E-state index contributed by atoms with van der Waals surface area (Å²) in [7, 11) is 3.43. The third kappa shape index (κ3) is 2.60. The van der Waals surface area contributed by atoms with E-state index in [-0.39, 0.29) is 17.4 Å². The third-order valence-electron chi connectivity index (χ3n) is 3.26. The number of aromatic nitrogens is 4. The Kier molecular flexibility index (Phi) is 3.46. The second-order valence-electron chi connectivity index (χ2n) is 4.86. The lowest BCUT2D eigenvalue weighted by molar-refractivity contribution is 0.0988. The van der Waals surface area contributed by atoms with Gasteiger partial charge in [-0.05, 0) is 24.3 Å². The fourth-order valence-corrected chi connectivity index (χ4v) is 2.07. The topological polar surface area (TPSA) is 56.0 Å². The highest BCUT2D eigenvalue weighted by Gasteiger charge is 2.17. The van der Waals surface area contributed by atoms with E-state index < -0.39 is 0 Å². The molecule has 0 saturated carbocycles. The molecule has 0 atom stereocenters. The van der Waals surface area contributed by atoms with Crippen molar-refractivity contribution >= 4 is 11.6 Å². The Bertz CT molecular complexity index is 823. The maximum absolute atomic E-state index is 13.2. The van der Waals surface area contributed by atoms with E-state index in [9.17, 15) is 9.18 Å². The van der Waals surface area contributed by atoms with Crippen LogP contribution in [0, 0.1) is 5.82 Å². The van der Waals surface area contributed by atoms with Crippen LogP contribution < -0.4 is 4.90 Å². The van der Waals surface area contributed by atoms with Crippen LogP contribution in [0.4, 0.5) is 10.1 Å². The fourth-order valence-electron chi connectivity index (χ4n) is 2.07. The molecular weight excluding hydrogens is 285 g/mol. The van der Waals surface area contributed by atoms with Crippen LogP contribution in [0.5, 0.6) is 0 Å². The van der Waals surface area contributed by atoms with Gasteiger partial charge < -0.3 is 4.90 Å². The summed E-state index contributed by atoms with van der Waals surface area (Å²) in [6.07, 6.45) is 4.96. The maximum atomic E-state index is 13.2. The molecule has 6 nitrogen and oxygen atoms in total. The average molecular weight is 299 g/mol. The number of carbonyl (C=O) groups excluding carboxylic acids is 1. The third-order valence-corrected chi connectivity index (χ3v) is 3.26. The molecule has 7 heteroatoms. The number of amides is 1. The number of hydrogen-bond acceptors (Lipinski definition) is 3. The molecule has 0 radical (unpaired) electrons. The molecule has 2 aromatic heterocycles. The van der Waals surface area contributed by atoms with E-state index in [0.717, 1.165) is 0 Å². The number of aryl methyl sites for hydroxylation is 1. The molecule has 0 spiro atoms.